The van der Waals surface area contributed by atoms with Crippen molar-refractivity contribution in [2.24, 2.45) is 4.99 Å². The lowest BCUT2D eigenvalue weighted by atomic mass is 10.2. The molecule has 2 N–H and O–H groups in total. The summed E-state index contributed by atoms with van der Waals surface area (Å²) in [5.74, 6) is 0.774. The van der Waals surface area contributed by atoms with Gasteiger partial charge in [-0.3, -0.25) is 4.99 Å². The fourth-order valence-electron chi connectivity index (χ4n) is 2.13. The van der Waals surface area contributed by atoms with E-state index in [0.717, 1.165) is 28.5 Å². The van der Waals surface area contributed by atoms with Gasteiger partial charge in [0.15, 0.2) is 0 Å². The lowest BCUT2D eigenvalue weighted by molar-refractivity contribution is 0.415. The molecule has 0 aliphatic rings. The van der Waals surface area contributed by atoms with Crippen molar-refractivity contribution in [3.63, 3.8) is 0 Å². The van der Waals surface area contributed by atoms with Gasteiger partial charge in [-0.05, 0) is 31.2 Å². The zero-order valence-electron chi connectivity index (χ0n) is 12.5. The van der Waals surface area contributed by atoms with Crippen LogP contribution in [0.1, 0.15) is 11.3 Å². The first-order chi connectivity index (χ1) is 10.3. The van der Waals surface area contributed by atoms with Gasteiger partial charge in [0.05, 0.1) is 36.1 Å². The summed E-state index contributed by atoms with van der Waals surface area (Å²) in [7, 11) is 1.66. The molecule has 3 aromatic rings. The summed E-state index contributed by atoms with van der Waals surface area (Å²) in [6.45, 7) is 2.06. The lowest BCUT2D eigenvalue weighted by Crippen LogP contribution is -1.87. The van der Waals surface area contributed by atoms with Crippen LogP contribution in [-0.2, 0) is 0 Å². The second kappa shape index (κ2) is 7.00. The molecule has 0 bridgehead atoms. The second-order valence-electron chi connectivity index (χ2n) is 4.84. The van der Waals surface area contributed by atoms with Crippen LogP contribution in [0.3, 0.4) is 0 Å². The first-order valence-electron chi connectivity index (χ1n) is 6.78. The van der Waals surface area contributed by atoms with Crippen LogP contribution < -0.4 is 4.74 Å². The quantitative estimate of drug-likeness (QED) is 0.684. The first kappa shape index (κ1) is 15.9. The predicted octanol–water partition coefficient (Wildman–Crippen LogP) is 4.50. The molecule has 0 spiro atoms. The SMILES string of the molecule is COc1cc(-c2ccc[nH]2)[nH]c1C=Nc1ccc(C)cc1.Cl. The van der Waals surface area contributed by atoms with Crippen LogP contribution >= 0.6 is 12.4 Å². The number of nitrogens with zero attached hydrogens (tertiary/aromatic N) is 1. The number of nitrogens with one attached hydrogen (secondary N) is 2. The van der Waals surface area contributed by atoms with Gasteiger partial charge in [-0.15, -0.1) is 12.4 Å². The summed E-state index contributed by atoms with van der Waals surface area (Å²) < 4.78 is 5.40. The Labute approximate surface area is 135 Å². The van der Waals surface area contributed by atoms with Gasteiger partial charge in [-0.1, -0.05) is 17.7 Å². The van der Waals surface area contributed by atoms with Gasteiger partial charge in [0, 0.05) is 12.3 Å². The Kier molecular flexibility index (Phi) is 5.07. The predicted molar refractivity (Wildman–Crippen MR) is 92.8 cm³/mol. The normalized spacial score (nSPS) is 10.6. The Balaban J connectivity index is 0.00000176. The first-order valence-corrected chi connectivity index (χ1v) is 6.78. The lowest BCUT2D eigenvalue weighted by Gasteiger charge is -1.97. The van der Waals surface area contributed by atoms with Crippen LogP contribution in [-0.4, -0.2) is 23.3 Å². The van der Waals surface area contributed by atoms with Gasteiger partial charge < -0.3 is 14.7 Å². The number of aliphatic imine (C=N–C) groups is 1. The van der Waals surface area contributed by atoms with Gasteiger partial charge in [-0.2, -0.15) is 0 Å². The third kappa shape index (κ3) is 3.40. The molecule has 2 heterocycles. The molecule has 0 unspecified atom stereocenters. The zero-order chi connectivity index (χ0) is 14.7. The fourth-order valence-corrected chi connectivity index (χ4v) is 2.13. The van der Waals surface area contributed by atoms with E-state index in [4.69, 9.17) is 4.74 Å². The number of benzene rings is 1. The number of aromatic nitrogens is 2. The molecule has 2 aromatic heterocycles. The standard InChI is InChI=1S/C17H17N3O.ClH/c1-12-5-7-13(8-6-12)19-11-16-17(21-2)10-15(20-16)14-4-3-9-18-14;/h3-11,18,20H,1-2H3;1H. The van der Waals surface area contributed by atoms with Crippen LogP contribution in [0, 0.1) is 6.92 Å². The molecule has 0 radical (unpaired) electrons. The van der Waals surface area contributed by atoms with Crippen LogP contribution in [0.15, 0.2) is 53.7 Å². The maximum atomic E-state index is 5.40. The van der Waals surface area contributed by atoms with Crippen molar-refractivity contribution in [2.75, 3.05) is 7.11 Å². The van der Waals surface area contributed by atoms with Gasteiger partial charge in [0.2, 0.25) is 0 Å². The van der Waals surface area contributed by atoms with E-state index in [1.807, 2.05) is 48.7 Å². The van der Waals surface area contributed by atoms with Crippen LogP contribution in [0.5, 0.6) is 5.75 Å². The number of aromatic amines is 2. The Morgan fingerprint density at radius 3 is 2.50 bits per heavy atom. The number of methoxy groups -OCH3 is 1. The van der Waals surface area contributed by atoms with Crippen LogP contribution in [0.4, 0.5) is 5.69 Å². The smallest absolute Gasteiger partial charge is 0.146 e. The van der Waals surface area contributed by atoms with E-state index >= 15 is 0 Å². The average Bonchev–Trinajstić information content (AvgIpc) is 3.15. The molecule has 114 valence electrons. The highest BCUT2D eigenvalue weighted by molar-refractivity contribution is 5.85. The molecular weight excluding hydrogens is 298 g/mol. The number of hydrogen-bond acceptors (Lipinski definition) is 2. The maximum Gasteiger partial charge on any atom is 0.146 e. The topological polar surface area (TPSA) is 53.2 Å². The summed E-state index contributed by atoms with van der Waals surface area (Å²) in [6, 6.07) is 14.0. The summed E-state index contributed by atoms with van der Waals surface area (Å²) >= 11 is 0. The van der Waals surface area contributed by atoms with E-state index < -0.39 is 0 Å². The van der Waals surface area contributed by atoms with Crippen molar-refractivity contribution >= 4 is 24.3 Å². The number of rotatable bonds is 4. The summed E-state index contributed by atoms with van der Waals surface area (Å²) in [4.78, 5) is 11.0. The van der Waals surface area contributed by atoms with Gasteiger partial charge in [0.25, 0.3) is 0 Å². The highest BCUT2D eigenvalue weighted by Gasteiger charge is 2.08. The molecule has 0 saturated heterocycles. The molecule has 1 aromatic carbocycles. The monoisotopic (exact) mass is 315 g/mol. The number of ether oxygens (including phenoxy) is 1. The highest BCUT2D eigenvalue weighted by Crippen LogP contribution is 2.25. The van der Waals surface area contributed by atoms with E-state index in [1.165, 1.54) is 5.56 Å². The minimum absolute atomic E-state index is 0. The summed E-state index contributed by atoms with van der Waals surface area (Å²) in [6.07, 6.45) is 3.68. The second-order valence-corrected chi connectivity index (χ2v) is 4.84. The third-order valence-electron chi connectivity index (χ3n) is 3.29. The summed E-state index contributed by atoms with van der Waals surface area (Å²) in [5, 5.41) is 0. The molecule has 0 saturated carbocycles. The van der Waals surface area contributed by atoms with Crippen molar-refractivity contribution in [1.82, 2.24) is 9.97 Å². The molecule has 0 atom stereocenters. The van der Waals surface area contributed by atoms with Crippen molar-refractivity contribution in [3.8, 4) is 17.1 Å². The molecular formula is C17H18ClN3O. The molecule has 3 rings (SSSR count). The van der Waals surface area contributed by atoms with Crippen molar-refractivity contribution < 1.29 is 4.74 Å². The highest BCUT2D eigenvalue weighted by atomic mass is 35.5. The molecule has 4 nitrogen and oxygen atoms in total. The van der Waals surface area contributed by atoms with E-state index in [0.29, 0.717) is 0 Å². The molecule has 0 fully saturated rings. The van der Waals surface area contributed by atoms with Crippen LogP contribution in [0.25, 0.3) is 11.4 Å². The van der Waals surface area contributed by atoms with E-state index in [9.17, 15) is 0 Å². The minimum atomic E-state index is 0. The molecule has 0 aliphatic heterocycles. The molecule has 0 amide bonds. The Morgan fingerprint density at radius 2 is 1.86 bits per heavy atom. The molecule has 5 heteroatoms. The molecule has 22 heavy (non-hydrogen) atoms. The van der Waals surface area contributed by atoms with E-state index in [2.05, 4.69) is 21.9 Å². The Hall–Kier alpha value is -2.46. The third-order valence-corrected chi connectivity index (χ3v) is 3.29. The number of aryl methyl sites for hydroxylation is 1. The summed E-state index contributed by atoms with van der Waals surface area (Å²) in [5.41, 5.74) is 4.98. The van der Waals surface area contributed by atoms with Gasteiger partial charge in [-0.25, -0.2) is 0 Å². The average molecular weight is 316 g/mol. The zero-order valence-corrected chi connectivity index (χ0v) is 13.3. The number of halogens is 1. The molecule has 0 aliphatic carbocycles. The largest absolute Gasteiger partial charge is 0.494 e. The Bertz CT molecular complexity index is 743. The fraction of sp³-hybridized carbons (Fsp3) is 0.118. The van der Waals surface area contributed by atoms with Gasteiger partial charge >= 0.3 is 0 Å². The van der Waals surface area contributed by atoms with Crippen molar-refractivity contribution in [2.45, 2.75) is 6.92 Å². The maximum absolute atomic E-state index is 5.40. The van der Waals surface area contributed by atoms with Crippen molar-refractivity contribution in [3.05, 3.63) is 59.9 Å². The van der Waals surface area contributed by atoms with E-state index in [1.54, 1.807) is 13.3 Å². The van der Waals surface area contributed by atoms with Crippen molar-refractivity contribution in [1.29, 1.82) is 0 Å². The number of H-pyrrole nitrogens is 2. The number of hydrogen-bond donors (Lipinski definition) is 2. The van der Waals surface area contributed by atoms with Gasteiger partial charge in [0.1, 0.15) is 5.75 Å². The van der Waals surface area contributed by atoms with E-state index in [-0.39, 0.29) is 12.4 Å². The Morgan fingerprint density at radius 1 is 1.09 bits per heavy atom. The van der Waals surface area contributed by atoms with Crippen LogP contribution in [0.2, 0.25) is 0 Å². The minimum Gasteiger partial charge on any atom is -0.494 e.